The maximum Gasteiger partial charge on any atom is 0.269 e. The molecule has 8 nitrogen and oxygen atoms in total. The summed E-state index contributed by atoms with van der Waals surface area (Å²) in [5.41, 5.74) is 0.546. The van der Waals surface area contributed by atoms with Crippen molar-refractivity contribution >= 4 is 11.6 Å². The van der Waals surface area contributed by atoms with Crippen molar-refractivity contribution in [3.05, 3.63) is 64.2 Å². The molecule has 0 aliphatic rings. The number of aromatic hydroxyl groups is 1. The number of aliphatic hydroxyl groups is 1. The first kappa shape index (κ1) is 19.2. The Morgan fingerprint density at radius 2 is 1.81 bits per heavy atom. The molecule has 0 unspecified atom stereocenters. The number of phenolic OH excluding ortho intramolecular Hbond substituents is 1. The molecule has 2 aromatic carbocycles. The van der Waals surface area contributed by atoms with Crippen LogP contribution in [0.5, 0.6) is 11.5 Å². The van der Waals surface area contributed by atoms with E-state index in [1.165, 1.54) is 36.4 Å². The fourth-order valence-electron chi connectivity index (χ4n) is 2.29. The molecule has 0 aliphatic carbocycles. The van der Waals surface area contributed by atoms with E-state index in [2.05, 4.69) is 5.32 Å². The van der Waals surface area contributed by atoms with E-state index < -0.39 is 17.1 Å². The second-order valence-electron chi connectivity index (χ2n) is 5.74. The summed E-state index contributed by atoms with van der Waals surface area (Å²) >= 11 is 0. The lowest BCUT2D eigenvalue weighted by Gasteiger charge is -2.20. The normalized spacial score (nSPS) is 12.8. The molecule has 1 amide bonds. The second-order valence-corrected chi connectivity index (χ2v) is 5.74. The van der Waals surface area contributed by atoms with Crippen LogP contribution in [-0.2, 0) is 4.79 Å². The van der Waals surface area contributed by atoms with Crippen LogP contribution in [0.15, 0.2) is 48.5 Å². The van der Waals surface area contributed by atoms with Gasteiger partial charge in [-0.3, -0.25) is 14.9 Å². The van der Waals surface area contributed by atoms with Gasteiger partial charge >= 0.3 is 0 Å². The molecule has 2 atom stereocenters. The van der Waals surface area contributed by atoms with Crippen molar-refractivity contribution in [2.24, 2.45) is 0 Å². The van der Waals surface area contributed by atoms with Crippen molar-refractivity contribution in [1.82, 2.24) is 5.32 Å². The number of nitro groups is 1. The molecule has 26 heavy (non-hydrogen) atoms. The number of rotatable bonds is 8. The number of benzene rings is 2. The van der Waals surface area contributed by atoms with Crippen LogP contribution in [0, 0.1) is 10.1 Å². The molecule has 138 valence electrons. The van der Waals surface area contributed by atoms with E-state index in [-0.39, 0.29) is 30.4 Å². The van der Waals surface area contributed by atoms with E-state index in [0.29, 0.717) is 11.3 Å². The van der Waals surface area contributed by atoms with Gasteiger partial charge in [-0.2, -0.15) is 0 Å². The highest BCUT2D eigenvalue weighted by molar-refractivity contribution is 5.76. The smallest absolute Gasteiger partial charge is 0.269 e. The van der Waals surface area contributed by atoms with Gasteiger partial charge in [-0.05, 0) is 36.8 Å². The van der Waals surface area contributed by atoms with E-state index in [1.807, 2.05) is 0 Å². The minimum atomic E-state index is -0.907. The molecule has 0 aliphatic heterocycles. The summed E-state index contributed by atoms with van der Waals surface area (Å²) in [6.07, 6.45) is -0.834. The van der Waals surface area contributed by atoms with Gasteiger partial charge in [-0.15, -0.1) is 0 Å². The van der Waals surface area contributed by atoms with Crippen molar-refractivity contribution in [2.75, 3.05) is 6.61 Å². The minimum absolute atomic E-state index is 0.0351. The lowest BCUT2D eigenvalue weighted by Crippen LogP contribution is -2.37. The number of non-ortho nitro benzene ring substituents is 1. The minimum Gasteiger partial charge on any atom is -0.508 e. The van der Waals surface area contributed by atoms with Gasteiger partial charge < -0.3 is 20.3 Å². The lowest BCUT2D eigenvalue weighted by atomic mass is 10.0. The third-order valence-electron chi connectivity index (χ3n) is 3.74. The van der Waals surface area contributed by atoms with Crippen LogP contribution >= 0.6 is 0 Å². The number of nitrogens with zero attached hydrogens (tertiary/aromatic N) is 1. The van der Waals surface area contributed by atoms with Crippen molar-refractivity contribution in [1.29, 1.82) is 0 Å². The summed E-state index contributed by atoms with van der Waals surface area (Å²) in [6.45, 7) is 1.78. The maximum atomic E-state index is 11.9. The van der Waals surface area contributed by atoms with Crippen LogP contribution < -0.4 is 10.1 Å². The number of aliphatic hydroxyl groups excluding tert-OH is 1. The third-order valence-corrected chi connectivity index (χ3v) is 3.74. The summed E-state index contributed by atoms with van der Waals surface area (Å²) in [7, 11) is 0. The molecule has 0 saturated heterocycles. The Bertz CT molecular complexity index is 745. The Morgan fingerprint density at radius 3 is 2.38 bits per heavy atom. The first-order valence-electron chi connectivity index (χ1n) is 8.00. The quantitative estimate of drug-likeness (QED) is 0.490. The fourth-order valence-corrected chi connectivity index (χ4v) is 2.29. The van der Waals surface area contributed by atoms with Gasteiger partial charge in [0.1, 0.15) is 11.5 Å². The number of nitro benzene ring substituents is 1. The van der Waals surface area contributed by atoms with E-state index >= 15 is 0 Å². The van der Waals surface area contributed by atoms with Crippen LogP contribution in [0.1, 0.15) is 25.0 Å². The highest BCUT2D eigenvalue weighted by Crippen LogP contribution is 2.20. The van der Waals surface area contributed by atoms with Crippen LogP contribution in [0.2, 0.25) is 0 Å². The van der Waals surface area contributed by atoms with Crippen LogP contribution in [0.4, 0.5) is 5.69 Å². The van der Waals surface area contributed by atoms with Gasteiger partial charge in [-0.25, -0.2) is 0 Å². The Morgan fingerprint density at radius 1 is 1.19 bits per heavy atom. The van der Waals surface area contributed by atoms with Crippen molar-refractivity contribution in [3.8, 4) is 11.5 Å². The molecular weight excluding hydrogens is 340 g/mol. The summed E-state index contributed by atoms with van der Waals surface area (Å²) < 4.78 is 5.38. The molecule has 0 saturated carbocycles. The molecule has 0 aromatic heterocycles. The Kier molecular flexibility index (Phi) is 6.51. The number of nitrogens with one attached hydrogen (secondary N) is 1. The van der Waals surface area contributed by atoms with Crippen molar-refractivity contribution in [3.63, 3.8) is 0 Å². The molecule has 0 bridgehead atoms. The highest BCUT2D eigenvalue weighted by atomic mass is 16.6. The molecule has 0 heterocycles. The second kappa shape index (κ2) is 8.82. The van der Waals surface area contributed by atoms with Crippen molar-refractivity contribution < 1.29 is 24.7 Å². The fraction of sp³-hybridized carbons (Fsp3) is 0.278. The SMILES string of the molecule is C[C@H](NC(=O)CCOc1ccc([N+](=O)[O-])cc1)[C@H](O)c1ccc(O)cc1. The third kappa shape index (κ3) is 5.45. The zero-order valence-corrected chi connectivity index (χ0v) is 14.2. The van der Waals surface area contributed by atoms with Crippen molar-refractivity contribution in [2.45, 2.75) is 25.5 Å². The van der Waals surface area contributed by atoms with Gasteiger partial charge in [0.25, 0.3) is 5.69 Å². The summed E-state index contributed by atoms with van der Waals surface area (Å²) in [6, 6.07) is 11.2. The Hall–Kier alpha value is -3.13. The van der Waals surface area contributed by atoms with E-state index in [0.717, 1.165) is 0 Å². The predicted molar refractivity (Wildman–Crippen MR) is 93.9 cm³/mol. The number of ether oxygens (including phenoxy) is 1. The Balaban J connectivity index is 1.77. The van der Waals surface area contributed by atoms with Crippen LogP contribution in [0.3, 0.4) is 0 Å². The number of carbonyl (C=O) groups excluding carboxylic acids is 1. The zero-order valence-electron chi connectivity index (χ0n) is 14.2. The van der Waals surface area contributed by atoms with Gasteiger partial charge in [0.15, 0.2) is 0 Å². The standard InChI is InChI=1S/C18H20N2O6/c1-12(18(23)13-2-6-15(21)7-3-13)19-17(22)10-11-26-16-8-4-14(5-9-16)20(24)25/h2-9,12,18,21,23H,10-11H2,1H3,(H,19,22)/t12-,18-/m0/s1. The largest absolute Gasteiger partial charge is 0.508 e. The number of carbonyl (C=O) groups is 1. The molecule has 2 aromatic rings. The van der Waals surface area contributed by atoms with Gasteiger partial charge in [0, 0.05) is 12.1 Å². The average molecular weight is 360 g/mol. The number of hydrogen-bond donors (Lipinski definition) is 3. The molecule has 8 heteroatoms. The first-order valence-corrected chi connectivity index (χ1v) is 8.00. The zero-order chi connectivity index (χ0) is 19.1. The monoisotopic (exact) mass is 360 g/mol. The van der Waals surface area contributed by atoms with Gasteiger partial charge in [-0.1, -0.05) is 12.1 Å². The summed E-state index contributed by atoms with van der Waals surface area (Å²) in [5.74, 6) is 0.235. The van der Waals surface area contributed by atoms with Crippen LogP contribution in [-0.4, -0.2) is 33.7 Å². The lowest BCUT2D eigenvalue weighted by molar-refractivity contribution is -0.384. The molecular formula is C18H20N2O6. The van der Waals surface area contributed by atoms with E-state index in [4.69, 9.17) is 4.74 Å². The van der Waals surface area contributed by atoms with Gasteiger partial charge in [0.2, 0.25) is 5.91 Å². The highest BCUT2D eigenvalue weighted by Gasteiger charge is 2.18. The molecule has 0 fully saturated rings. The molecule has 0 spiro atoms. The van der Waals surface area contributed by atoms with E-state index in [9.17, 15) is 25.1 Å². The molecule has 2 rings (SSSR count). The number of hydrogen-bond acceptors (Lipinski definition) is 6. The summed E-state index contributed by atoms with van der Waals surface area (Å²) in [4.78, 5) is 22.0. The molecule has 3 N–H and O–H groups in total. The number of amides is 1. The summed E-state index contributed by atoms with van der Waals surface area (Å²) in [5, 5.41) is 32.7. The maximum absolute atomic E-state index is 11.9. The molecule has 0 radical (unpaired) electrons. The first-order chi connectivity index (χ1) is 12.4. The topological polar surface area (TPSA) is 122 Å². The van der Waals surface area contributed by atoms with Gasteiger partial charge in [0.05, 0.1) is 30.1 Å². The van der Waals surface area contributed by atoms with E-state index in [1.54, 1.807) is 19.1 Å². The number of phenols is 1. The average Bonchev–Trinajstić information content (AvgIpc) is 2.62. The predicted octanol–water partition coefficient (Wildman–Crippen LogP) is 2.31. The Labute approximate surface area is 150 Å². The van der Waals surface area contributed by atoms with Crippen LogP contribution in [0.25, 0.3) is 0 Å².